The number of alkyl halides is 3. The van der Waals surface area contributed by atoms with Crippen molar-refractivity contribution in [2.45, 2.75) is 55.8 Å². The van der Waals surface area contributed by atoms with Crippen LogP contribution in [0, 0.1) is 11.7 Å². The van der Waals surface area contributed by atoms with Crippen LogP contribution >= 0.6 is 0 Å². The minimum absolute atomic E-state index is 0.0553. The van der Waals surface area contributed by atoms with E-state index in [0.717, 1.165) is 56.9 Å². The second-order valence-electron chi connectivity index (χ2n) is 9.65. The number of ether oxygens (including phenoxy) is 1. The third-order valence-electron chi connectivity index (χ3n) is 7.02. The predicted molar refractivity (Wildman–Crippen MR) is 126 cm³/mol. The van der Waals surface area contributed by atoms with Crippen molar-refractivity contribution in [2.24, 2.45) is 5.92 Å². The molecule has 1 aromatic heterocycles. The Hall–Kier alpha value is -2.47. The van der Waals surface area contributed by atoms with Crippen molar-refractivity contribution in [3.8, 4) is 5.75 Å². The number of benzene rings is 1. The summed E-state index contributed by atoms with van der Waals surface area (Å²) in [6.45, 7) is 4.53. The molecule has 198 valence electrons. The highest BCUT2D eigenvalue weighted by Crippen LogP contribution is 2.32. The maximum Gasteiger partial charge on any atom is 0.419 e. The first-order valence-corrected chi connectivity index (χ1v) is 13.8. The first-order chi connectivity index (χ1) is 16.9. The molecule has 2 heterocycles. The van der Waals surface area contributed by atoms with Crippen molar-refractivity contribution in [1.29, 1.82) is 0 Å². The molecule has 1 atom stereocenters. The van der Waals surface area contributed by atoms with Crippen molar-refractivity contribution in [3.63, 3.8) is 0 Å². The largest absolute Gasteiger partial charge is 0.490 e. The lowest BCUT2D eigenvalue weighted by atomic mass is 9.85. The van der Waals surface area contributed by atoms with Crippen LogP contribution in [0.15, 0.2) is 35.5 Å². The Morgan fingerprint density at radius 1 is 1.08 bits per heavy atom. The molecule has 1 saturated carbocycles. The van der Waals surface area contributed by atoms with Gasteiger partial charge in [0.25, 0.3) is 0 Å². The monoisotopic (exact) mass is 530 g/mol. The van der Waals surface area contributed by atoms with E-state index in [4.69, 9.17) is 4.74 Å². The zero-order valence-electron chi connectivity index (χ0n) is 20.2. The Kier molecular flexibility index (Phi) is 7.75. The number of sulfone groups is 1. The van der Waals surface area contributed by atoms with Crippen molar-refractivity contribution >= 4 is 15.8 Å². The molecule has 7 nitrogen and oxygen atoms in total. The molecule has 1 saturated heterocycles. The number of nitrogens with zero attached hydrogens (tertiary/aromatic N) is 4. The fourth-order valence-electron chi connectivity index (χ4n) is 5.01. The third kappa shape index (κ3) is 6.26. The Labute approximate surface area is 208 Å². The van der Waals surface area contributed by atoms with Crippen LogP contribution in [-0.4, -0.2) is 67.9 Å². The third-order valence-corrected chi connectivity index (χ3v) is 8.13. The molecule has 0 amide bonds. The van der Waals surface area contributed by atoms with Crippen molar-refractivity contribution in [3.05, 3.63) is 42.0 Å². The lowest BCUT2D eigenvalue weighted by molar-refractivity contribution is -0.138. The van der Waals surface area contributed by atoms with E-state index in [-0.39, 0.29) is 22.6 Å². The zero-order chi connectivity index (χ0) is 26.1. The average Bonchev–Trinajstić information content (AvgIpc) is 2.82. The van der Waals surface area contributed by atoms with Crippen molar-refractivity contribution in [2.75, 3.05) is 37.4 Å². The maximum absolute atomic E-state index is 14.2. The Balaban J connectivity index is 1.25. The van der Waals surface area contributed by atoms with Gasteiger partial charge >= 0.3 is 6.18 Å². The van der Waals surface area contributed by atoms with Gasteiger partial charge in [0.1, 0.15) is 0 Å². The molecule has 1 aliphatic heterocycles. The fraction of sp³-hybridized carbons (Fsp3) is 0.583. The summed E-state index contributed by atoms with van der Waals surface area (Å²) in [4.78, 5) is 12.1. The Morgan fingerprint density at radius 2 is 1.75 bits per heavy atom. The standard InChI is InChI=1S/C24H30F4N4O3S/c1-16-14-31(23-29-12-18(13-30-23)24(26,27)28)9-10-32(16)19-5-3-17(4-6-19)15-35-22-8-7-20(11-21(22)25)36(2,33)34/h7-8,11-13,16-17,19H,3-6,9-10,14-15H2,1-2H3/t16-,17-,19-/m0/s1. The van der Waals surface area contributed by atoms with E-state index in [9.17, 15) is 26.0 Å². The van der Waals surface area contributed by atoms with E-state index in [1.807, 2.05) is 4.90 Å². The molecule has 2 aliphatic rings. The number of hydrogen-bond acceptors (Lipinski definition) is 7. The van der Waals surface area contributed by atoms with E-state index in [2.05, 4.69) is 21.8 Å². The second-order valence-corrected chi connectivity index (χ2v) is 11.7. The van der Waals surface area contributed by atoms with E-state index in [1.165, 1.54) is 12.1 Å². The average molecular weight is 531 g/mol. The molecule has 1 aromatic carbocycles. The molecular formula is C24H30F4N4O3S. The summed E-state index contributed by atoms with van der Waals surface area (Å²) in [7, 11) is -3.48. The Morgan fingerprint density at radius 3 is 2.31 bits per heavy atom. The lowest BCUT2D eigenvalue weighted by Crippen LogP contribution is -2.56. The first-order valence-electron chi connectivity index (χ1n) is 11.9. The minimum Gasteiger partial charge on any atom is -0.490 e. The molecule has 12 heteroatoms. The highest BCUT2D eigenvalue weighted by molar-refractivity contribution is 7.90. The topological polar surface area (TPSA) is 75.6 Å². The van der Waals surface area contributed by atoms with Crippen molar-refractivity contribution in [1.82, 2.24) is 14.9 Å². The van der Waals surface area contributed by atoms with Gasteiger partial charge in [-0.15, -0.1) is 0 Å². The molecule has 2 aromatic rings. The number of halogens is 4. The summed E-state index contributed by atoms with van der Waals surface area (Å²) >= 11 is 0. The fourth-order valence-corrected chi connectivity index (χ4v) is 5.64. The zero-order valence-corrected chi connectivity index (χ0v) is 21.0. The molecule has 4 rings (SSSR count). The number of hydrogen-bond donors (Lipinski definition) is 0. The first kappa shape index (κ1) is 26.6. The highest BCUT2D eigenvalue weighted by Gasteiger charge is 2.34. The minimum atomic E-state index is -4.45. The highest BCUT2D eigenvalue weighted by atomic mass is 32.2. The van der Waals surface area contributed by atoms with Gasteiger partial charge in [-0.1, -0.05) is 0 Å². The molecule has 2 fully saturated rings. The van der Waals surface area contributed by atoms with Gasteiger partial charge in [-0.2, -0.15) is 13.2 Å². The van der Waals surface area contributed by atoms with Gasteiger partial charge < -0.3 is 9.64 Å². The lowest BCUT2D eigenvalue weighted by Gasteiger charge is -2.46. The summed E-state index contributed by atoms with van der Waals surface area (Å²) in [6.07, 6.45) is 2.05. The molecule has 0 unspecified atom stereocenters. The molecule has 36 heavy (non-hydrogen) atoms. The van der Waals surface area contributed by atoms with Crippen LogP contribution in [0.1, 0.15) is 38.2 Å². The smallest absolute Gasteiger partial charge is 0.419 e. The van der Waals surface area contributed by atoms with Gasteiger partial charge in [0.05, 0.1) is 17.1 Å². The molecule has 0 bridgehead atoms. The normalized spacial score (nSPS) is 24.1. The number of rotatable bonds is 6. The summed E-state index contributed by atoms with van der Waals surface area (Å²) in [5, 5.41) is 0. The van der Waals surface area contributed by atoms with Crippen LogP contribution in [0.4, 0.5) is 23.5 Å². The molecule has 0 radical (unpaired) electrons. The van der Waals surface area contributed by atoms with Gasteiger partial charge in [-0.05, 0) is 56.7 Å². The van der Waals surface area contributed by atoms with Crippen LogP contribution < -0.4 is 9.64 Å². The SMILES string of the molecule is C[C@H]1CN(c2ncc(C(F)(F)F)cn2)CCN1[C@H]1CC[C@H](COc2ccc(S(C)(=O)=O)cc2F)CC1. The molecule has 1 aliphatic carbocycles. The summed E-state index contributed by atoms with van der Waals surface area (Å²) < 4.78 is 81.3. The number of aromatic nitrogens is 2. The van der Waals surface area contributed by atoms with Gasteiger partial charge in [0.15, 0.2) is 21.4 Å². The van der Waals surface area contributed by atoms with E-state index in [1.54, 1.807) is 0 Å². The van der Waals surface area contributed by atoms with Gasteiger partial charge in [0.2, 0.25) is 5.95 Å². The number of anilines is 1. The van der Waals surface area contributed by atoms with E-state index >= 15 is 0 Å². The van der Waals surface area contributed by atoms with E-state index in [0.29, 0.717) is 31.7 Å². The van der Waals surface area contributed by atoms with Crippen LogP contribution in [0.25, 0.3) is 0 Å². The number of piperazine rings is 1. The van der Waals surface area contributed by atoms with Crippen LogP contribution in [0.3, 0.4) is 0 Å². The van der Waals surface area contributed by atoms with Gasteiger partial charge in [-0.25, -0.2) is 22.8 Å². The second kappa shape index (κ2) is 10.5. The summed E-state index contributed by atoms with van der Waals surface area (Å²) in [5.74, 6) is -0.0328. The van der Waals surface area contributed by atoms with Crippen LogP contribution in [0.2, 0.25) is 0 Å². The van der Waals surface area contributed by atoms with Crippen LogP contribution in [-0.2, 0) is 16.0 Å². The molecular weight excluding hydrogens is 500 g/mol. The maximum atomic E-state index is 14.2. The van der Waals surface area contributed by atoms with Crippen molar-refractivity contribution < 1.29 is 30.7 Å². The van der Waals surface area contributed by atoms with Crippen LogP contribution in [0.5, 0.6) is 5.75 Å². The van der Waals surface area contributed by atoms with Gasteiger partial charge in [-0.3, -0.25) is 4.90 Å². The molecule has 0 spiro atoms. The molecule has 0 N–H and O–H groups in total. The summed E-state index contributed by atoms with van der Waals surface area (Å²) in [6, 6.07) is 4.29. The van der Waals surface area contributed by atoms with E-state index < -0.39 is 27.4 Å². The summed E-state index contributed by atoms with van der Waals surface area (Å²) in [5.41, 5.74) is -0.854. The predicted octanol–water partition coefficient (Wildman–Crippen LogP) is 4.19. The van der Waals surface area contributed by atoms with Gasteiger partial charge in [0, 0.05) is 50.4 Å². The quantitative estimate of drug-likeness (QED) is 0.519. The Bertz CT molecular complexity index is 1150.